The average Bonchev–Trinajstić information content (AvgIpc) is 2.46. The molecule has 104 valence electrons. The molecular formula is C13H19N3O3. The van der Waals surface area contributed by atoms with Crippen molar-refractivity contribution >= 4 is 5.69 Å². The number of nitro benzene ring substituents is 1. The third-order valence-corrected chi connectivity index (χ3v) is 3.24. The minimum absolute atomic E-state index is 0.0954. The van der Waals surface area contributed by atoms with Crippen LogP contribution in [0.2, 0.25) is 0 Å². The Labute approximate surface area is 112 Å². The zero-order valence-corrected chi connectivity index (χ0v) is 11.0. The maximum absolute atomic E-state index is 10.8. The molecule has 0 aliphatic carbocycles. The van der Waals surface area contributed by atoms with Crippen LogP contribution in [0.3, 0.4) is 0 Å². The van der Waals surface area contributed by atoms with Crippen LogP contribution >= 0.6 is 0 Å². The second-order valence-electron chi connectivity index (χ2n) is 4.54. The number of hydrogen-bond donors (Lipinski definition) is 1. The number of morpholine rings is 1. The molecule has 1 unspecified atom stereocenters. The fraction of sp³-hybridized carbons (Fsp3) is 0.538. The summed E-state index contributed by atoms with van der Waals surface area (Å²) >= 11 is 0. The van der Waals surface area contributed by atoms with Crippen LogP contribution in [0.25, 0.3) is 0 Å². The van der Waals surface area contributed by atoms with E-state index in [4.69, 9.17) is 4.74 Å². The maximum Gasteiger partial charge on any atom is 0.269 e. The second kappa shape index (κ2) is 6.60. The minimum Gasteiger partial charge on any atom is -0.379 e. The highest BCUT2D eigenvalue weighted by molar-refractivity contribution is 5.35. The number of benzene rings is 1. The lowest BCUT2D eigenvalue weighted by molar-refractivity contribution is -0.384. The molecule has 1 aliphatic rings. The molecule has 6 nitrogen and oxygen atoms in total. The van der Waals surface area contributed by atoms with Gasteiger partial charge in [-0.05, 0) is 12.0 Å². The first-order chi connectivity index (χ1) is 9.20. The van der Waals surface area contributed by atoms with Gasteiger partial charge >= 0.3 is 0 Å². The summed E-state index contributed by atoms with van der Waals surface area (Å²) in [6, 6.07) is 6.91. The van der Waals surface area contributed by atoms with Crippen molar-refractivity contribution in [1.82, 2.24) is 10.4 Å². The Morgan fingerprint density at radius 1 is 1.47 bits per heavy atom. The first-order valence-electron chi connectivity index (χ1n) is 6.54. The van der Waals surface area contributed by atoms with Crippen molar-refractivity contribution in [3.8, 4) is 0 Å². The summed E-state index contributed by atoms with van der Waals surface area (Å²) in [5.41, 5.74) is 4.50. The molecule has 1 fully saturated rings. The molecule has 1 aromatic rings. The molecule has 6 heteroatoms. The van der Waals surface area contributed by atoms with Gasteiger partial charge in [0.1, 0.15) is 0 Å². The highest BCUT2D eigenvalue weighted by Gasteiger charge is 2.17. The first kappa shape index (κ1) is 13.9. The maximum atomic E-state index is 10.8. The van der Waals surface area contributed by atoms with Crippen molar-refractivity contribution in [2.45, 2.75) is 19.4 Å². The van der Waals surface area contributed by atoms with Crippen molar-refractivity contribution in [2.24, 2.45) is 0 Å². The smallest absolute Gasteiger partial charge is 0.269 e. The normalized spacial score (nSPS) is 18.2. The number of ether oxygens (including phenoxy) is 1. The number of nitrogens with one attached hydrogen (secondary N) is 1. The lowest BCUT2D eigenvalue weighted by atomic mass is 10.0. The Balaban J connectivity index is 2.07. The van der Waals surface area contributed by atoms with Gasteiger partial charge in [-0.3, -0.25) is 10.1 Å². The Morgan fingerprint density at radius 3 is 2.84 bits per heavy atom. The van der Waals surface area contributed by atoms with Crippen molar-refractivity contribution in [3.05, 3.63) is 39.9 Å². The molecule has 1 aliphatic heterocycles. The van der Waals surface area contributed by atoms with Gasteiger partial charge < -0.3 is 4.74 Å². The topological polar surface area (TPSA) is 67.6 Å². The predicted octanol–water partition coefficient (Wildman–Crippen LogP) is 1.88. The fourth-order valence-electron chi connectivity index (χ4n) is 2.17. The predicted molar refractivity (Wildman–Crippen MR) is 71.7 cm³/mol. The molecule has 0 bridgehead atoms. The molecule has 1 atom stereocenters. The lowest BCUT2D eigenvalue weighted by Gasteiger charge is -2.31. The Kier molecular flexibility index (Phi) is 4.84. The largest absolute Gasteiger partial charge is 0.379 e. The van der Waals surface area contributed by atoms with E-state index in [1.165, 1.54) is 6.07 Å². The zero-order valence-electron chi connectivity index (χ0n) is 11.0. The lowest BCUT2D eigenvalue weighted by Crippen LogP contribution is -2.47. The summed E-state index contributed by atoms with van der Waals surface area (Å²) < 4.78 is 5.30. The van der Waals surface area contributed by atoms with Gasteiger partial charge in [0.25, 0.3) is 5.69 Å². The first-order valence-corrected chi connectivity index (χ1v) is 6.54. The van der Waals surface area contributed by atoms with E-state index in [0.717, 1.165) is 38.3 Å². The summed E-state index contributed by atoms with van der Waals surface area (Å²) in [5, 5.41) is 12.9. The van der Waals surface area contributed by atoms with Gasteiger partial charge in [-0.15, -0.1) is 0 Å². The van der Waals surface area contributed by atoms with E-state index >= 15 is 0 Å². The van der Waals surface area contributed by atoms with Gasteiger partial charge in [0.15, 0.2) is 0 Å². The summed E-state index contributed by atoms with van der Waals surface area (Å²) in [7, 11) is 0. The van der Waals surface area contributed by atoms with Gasteiger partial charge in [0.2, 0.25) is 0 Å². The molecule has 0 aromatic heterocycles. The number of non-ortho nitro benzene ring substituents is 1. The number of nitro groups is 1. The molecular weight excluding hydrogens is 246 g/mol. The van der Waals surface area contributed by atoms with E-state index in [0.29, 0.717) is 0 Å². The minimum atomic E-state index is -0.356. The summed E-state index contributed by atoms with van der Waals surface area (Å²) in [6.07, 6.45) is 0.874. The average molecular weight is 265 g/mol. The van der Waals surface area contributed by atoms with Crippen molar-refractivity contribution in [1.29, 1.82) is 0 Å². The quantitative estimate of drug-likeness (QED) is 0.650. The SMILES string of the molecule is CCC(NN1CCOCC1)c1cccc([N+](=O)[O-])c1. The molecule has 1 saturated heterocycles. The molecule has 0 amide bonds. The van der Waals surface area contributed by atoms with Crippen molar-refractivity contribution in [2.75, 3.05) is 26.3 Å². The van der Waals surface area contributed by atoms with Crippen LogP contribution in [-0.2, 0) is 4.74 Å². The van der Waals surface area contributed by atoms with Crippen molar-refractivity contribution < 1.29 is 9.66 Å². The molecule has 0 saturated carbocycles. The van der Waals surface area contributed by atoms with Gasteiger partial charge in [-0.25, -0.2) is 10.4 Å². The number of hydrazine groups is 1. The third-order valence-electron chi connectivity index (χ3n) is 3.24. The number of rotatable bonds is 5. The molecule has 1 N–H and O–H groups in total. The molecule has 19 heavy (non-hydrogen) atoms. The van der Waals surface area contributed by atoms with Crippen LogP contribution < -0.4 is 5.43 Å². The Hall–Kier alpha value is -1.50. The number of nitrogens with zero attached hydrogens (tertiary/aromatic N) is 2. The summed E-state index contributed by atoms with van der Waals surface area (Å²) in [4.78, 5) is 10.5. The van der Waals surface area contributed by atoms with E-state index in [2.05, 4.69) is 17.4 Å². The highest BCUT2D eigenvalue weighted by Crippen LogP contribution is 2.22. The van der Waals surface area contributed by atoms with Crippen LogP contribution in [0.1, 0.15) is 24.9 Å². The van der Waals surface area contributed by atoms with Gasteiger partial charge in [-0.1, -0.05) is 19.1 Å². The van der Waals surface area contributed by atoms with Gasteiger partial charge in [-0.2, -0.15) is 0 Å². The summed E-state index contributed by atoms with van der Waals surface area (Å²) in [5.74, 6) is 0. The number of hydrogen-bond acceptors (Lipinski definition) is 5. The van der Waals surface area contributed by atoms with Crippen LogP contribution in [0, 0.1) is 10.1 Å². The standard InChI is InChI=1S/C13H19N3O3/c1-2-13(14-15-6-8-19-9-7-15)11-4-3-5-12(10-11)16(17)18/h3-5,10,13-14H,2,6-9H2,1H3. The molecule has 2 rings (SSSR count). The molecule has 0 spiro atoms. The third kappa shape index (κ3) is 3.73. The monoisotopic (exact) mass is 265 g/mol. The second-order valence-corrected chi connectivity index (χ2v) is 4.54. The zero-order chi connectivity index (χ0) is 13.7. The van der Waals surface area contributed by atoms with E-state index < -0.39 is 0 Å². The van der Waals surface area contributed by atoms with E-state index in [9.17, 15) is 10.1 Å². The van der Waals surface area contributed by atoms with E-state index in [-0.39, 0.29) is 16.7 Å². The molecule has 1 aromatic carbocycles. The van der Waals surface area contributed by atoms with Gasteiger partial charge in [0.05, 0.1) is 18.1 Å². The van der Waals surface area contributed by atoms with Crippen LogP contribution in [0.5, 0.6) is 0 Å². The van der Waals surface area contributed by atoms with Crippen LogP contribution in [-0.4, -0.2) is 36.2 Å². The van der Waals surface area contributed by atoms with Crippen LogP contribution in [0.15, 0.2) is 24.3 Å². The van der Waals surface area contributed by atoms with E-state index in [1.54, 1.807) is 12.1 Å². The van der Waals surface area contributed by atoms with Gasteiger partial charge in [0, 0.05) is 31.3 Å². The Morgan fingerprint density at radius 2 is 2.21 bits per heavy atom. The molecule has 1 heterocycles. The fourth-order valence-corrected chi connectivity index (χ4v) is 2.17. The highest BCUT2D eigenvalue weighted by atomic mass is 16.6. The molecule has 0 radical (unpaired) electrons. The van der Waals surface area contributed by atoms with Crippen molar-refractivity contribution in [3.63, 3.8) is 0 Å². The van der Waals surface area contributed by atoms with Crippen LogP contribution in [0.4, 0.5) is 5.69 Å². The Bertz CT molecular complexity index is 433. The van der Waals surface area contributed by atoms with E-state index in [1.807, 2.05) is 6.07 Å². The summed E-state index contributed by atoms with van der Waals surface area (Å²) in [6.45, 7) is 5.19.